The fourth-order valence-corrected chi connectivity index (χ4v) is 2.88. The molecule has 1 atom stereocenters. The number of likely N-dealkylation sites (N-methyl/N-ethyl adjacent to an activating group) is 1. The fourth-order valence-electron chi connectivity index (χ4n) is 2.88. The topological polar surface area (TPSA) is 58.9 Å². The lowest BCUT2D eigenvalue weighted by Gasteiger charge is -2.10. The van der Waals surface area contributed by atoms with E-state index in [2.05, 4.69) is 15.7 Å². The van der Waals surface area contributed by atoms with E-state index in [1.54, 1.807) is 4.68 Å². The highest BCUT2D eigenvalue weighted by Gasteiger charge is 2.27. The minimum atomic E-state index is -0.927. The van der Waals surface area contributed by atoms with Crippen LogP contribution in [0, 0.1) is 11.6 Å². The predicted molar refractivity (Wildman–Crippen MR) is 86.4 cm³/mol. The van der Waals surface area contributed by atoms with Gasteiger partial charge >= 0.3 is 0 Å². The molecule has 1 amide bonds. The number of carbonyl (C=O) groups is 1. The molecule has 3 rings (SSSR count). The van der Waals surface area contributed by atoms with Crippen LogP contribution < -0.4 is 10.6 Å². The zero-order valence-corrected chi connectivity index (χ0v) is 13.7. The molecule has 0 bridgehead atoms. The largest absolute Gasteiger partial charge is 0.349 e. The second kappa shape index (κ2) is 6.68. The maximum atomic E-state index is 13.5. The second-order valence-corrected chi connectivity index (χ2v) is 6.04. The number of hydrogen-bond donors (Lipinski definition) is 2. The Morgan fingerprint density at radius 3 is 2.83 bits per heavy atom. The number of hydrogen-bond acceptors (Lipinski definition) is 3. The van der Waals surface area contributed by atoms with E-state index < -0.39 is 11.6 Å². The van der Waals surface area contributed by atoms with Gasteiger partial charge in [0.25, 0.3) is 5.91 Å². The van der Waals surface area contributed by atoms with Crippen molar-refractivity contribution in [3.63, 3.8) is 0 Å². The molecule has 1 aliphatic rings. The standard InChI is InChI=1S/C17H20F2N4O/c1-10(20-2)9-21-17(24)16-12-4-3-5-15(12)23(22-16)11-6-7-13(18)14(19)8-11/h6-8,10,20H,3-5,9H2,1-2H3,(H,21,24). The van der Waals surface area contributed by atoms with Crippen molar-refractivity contribution in [1.82, 2.24) is 20.4 Å². The Kier molecular flexibility index (Phi) is 4.62. The Hall–Kier alpha value is -2.28. The summed E-state index contributed by atoms with van der Waals surface area (Å²) < 4.78 is 28.2. The third kappa shape index (κ3) is 3.03. The molecule has 2 aromatic rings. The van der Waals surface area contributed by atoms with Gasteiger partial charge in [-0.05, 0) is 45.4 Å². The van der Waals surface area contributed by atoms with Crippen LogP contribution in [0.5, 0.6) is 0 Å². The number of nitrogens with one attached hydrogen (secondary N) is 2. The number of aromatic nitrogens is 2. The molecule has 1 aliphatic carbocycles. The van der Waals surface area contributed by atoms with E-state index in [4.69, 9.17) is 0 Å². The summed E-state index contributed by atoms with van der Waals surface area (Å²) in [4.78, 5) is 12.4. The van der Waals surface area contributed by atoms with Crippen molar-refractivity contribution in [3.8, 4) is 5.69 Å². The summed E-state index contributed by atoms with van der Waals surface area (Å²) in [5.41, 5.74) is 2.59. The van der Waals surface area contributed by atoms with E-state index in [-0.39, 0.29) is 11.9 Å². The average Bonchev–Trinajstić information content (AvgIpc) is 3.17. The van der Waals surface area contributed by atoms with Crippen LogP contribution in [0.25, 0.3) is 5.69 Å². The monoisotopic (exact) mass is 334 g/mol. The van der Waals surface area contributed by atoms with Crippen LogP contribution in [0.15, 0.2) is 18.2 Å². The van der Waals surface area contributed by atoms with Gasteiger partial charge in [-0.1, -0.05) is 0 Å². The van der Waals surface area contributed by atoms with Gasteiger partial charge in [0.05, 0.1) is 5.69 Å². The number of nitrogens with zero attached hydrogens (tertiary/aromatic N) is 2. The molecule has 1 aromatic carbocycles. The van der Waals surface area contributed by atoms with Gasteiger partial charge in [-0.15, -0.1) is 0 Å². The highest BCUT2D eigenvalue weighted by molar-refractivity contribution is 5.94. The highest BCUT2D eigenvalue weighted by atomic mass is 19.2. The number of carbonyl (C=O) groups excluding carboxylic acids is 1. The van der Waals surface area contributed by atoms with E-state index in [0.29, 0.717) is 17.9 Å². The van der Waals surface area contributed by atoms with Gasteiger partial charge in [0, 0.05) is 29.9 Å². The van der Waals surface area contributed by atoms with E-state index in [1.807, 2.05) is 14.0 Å². The quantitative estimate of drug-likeness (QED) is 0.879. The molecule has 0 saturated heterocycles. The first-order chi connectivity index (χ1) is 11.5. The Morgan fingerprint density at radius 1 is 1.33 bits per heavy atom. The van der Waals surface area contributed by atoms with Crippen molar-refractivity contribution in [1.29, 1.82) is 0 Å². The summed E-state index contributed by atoms with van der Waals surface area (Å²) in [7, 11) is 1.83. The lowest BCUT2D eigenvalue weighted by molar-refractivity contribution is 0.0944. The van der Waals surface area contributed by atoms with Gasteiger partial charge in [0.15, 0.2) is 17.3 Å². The van der Waals surface area contributed by atoms with Gasteiger partial charge in [-0.25, -0.2) is 13.5 Å². The molecule has 1 unspecified atom stereocenters. The minimum Gasteiger partial charge on any atom is -0.349 e. The summed E-state index contributed by atoms with van der Waals surface area (Å²) in [6.07, 6.45) is 2.45. The maximum Gasteiger partial charge on any atom is 0.272 e. The summed E-state index contributed by atoms with van der Waals surface area (Å²) in [5, 5.41) is 10.3. The van der Waals surface area contributed by atoms with Crippen LogP contribution in [0.4, 0.5) is 8.78 Å². The molecule has 128 valence electrons. The number of benzene rings is 1. The van der Waals surface area contributed by atoms with Crippen LogP contribution in [0.3, 0.4) is 0 Å². The molecule has 0 spiro atoms. The normalized spacial score (nSPS) is 14.5. The van der Waals surface area contributed by atoms with Crippen molar-refractivity contribution in [3.05, 3.63) is 46.8 Å². The smallest absolute Gasteiger partial charge is 0.272 e. The van der Waals surface area contributed by atoms with E-state index in [9.17, 15) is 13.6 Å². The van der Waals surface area contributed by atoms with Crippen molar-refractivity contribution in [2.24, 2.45) is 0 Å². The molecule has 0 radical (unpaired) electrons. The predicted octanol–water partition coefficient (Wildman–Crippen LogP) is 1.98. The zero-order chi connectivity index (χ0) is 17.3. The van der Waals surface area contributed by atoms with Crippen LogP contribution in [0.1, 0.15) is 35.1 Å². The van der Waals surface area contributed by atoms with Gasteiger partial charge in [0.2, 0.25) is 0 Å². The minimum absolute atomic E-state index is 0.148. The number of rotatable bonds is 5. The molecule has 0 fully saturated rings. The van der Waals surface area contributed by atoms with Crippen molar-refractivity contribution < 1.29 is 13.6 Å². The third-order valence-corrected chi connectivity index (χ3v) is 4.35. The van der Waals surface area contributed by atoms with E-state index in [1.165, 1.54) is 6.07 Å². The van der Waals surface area contributed by atoms with Crippen LogP contribution >= 0.6 is 0 Å². The van der Waals surface area contributed by atoms with Crippen LogP contribution in [-0.4, -0.2) is 35.3 Å². The Bertz CT molecular complexity index is 772. The molecular weight excluding hydrogens is 314 g/mol. The van der Waals surface area contributed by atoms with Gasteiger partial charge in [-0.3, -0.25) is 4.79 Å². The molecule has 7 heteroatoms. The van der Waals surface area contributed by atoms with Crippen LogP contribution in [-0.2, 0) is 12.8 Å². The lowest BCUT2D eigenvalue weighted by Crippen LogP contribution is -2.37. The molecule has 0 aliphatic heterocycles. The summed E-state index contributed by atoms with van der Waals surface area (Å²) in [6.45, 7) is 2.45. The lowest BCUT2D eigenvalue weighted by atomic mass is 10.2. The van der Waals surface area contributed by atoms with Crippen molar-refractivity contribution in [2.75, 3.05) is 13.6 Å². The summed E-state index contributed by atoms with van der Waals surface area (Å²) >= 11 is 0. The second-order valence-electron chi connectivity index (χ2n) is 6.04. The molecule has 5 nitrogen and oxygen atoms in total. The maximum absolute atomic E-state index is 13.5. The van der Waals surface area contributed by atoms with Gasteiger partial charge < -0.3 is 10.6 Å². The SMILES string of the molecule is CNC(C)CNC(=O)c1nn(-c2ccc(F)c(F)c2)c2c1CCC2. The average molecular weight is 334 g/mol. The Balaban J connectivity index is 1.92. The van der Waals surface area contributed by atoms with Crippen molar-refractivity contribution >= 4 is 5.91 Å². The Morgan fingerprint density at radius 2 is 2.12 bits per heavy atom. The zero-order valence-electron chi connectivity index (χ0n) is 13.7. The molecule has 1 aromatic heterocycles. The molecule has 1 heterocycles. The third-order valence-electron chi connectivity index (χ3n) is 4.35. The van der Waals surface area contributed by atoms with Crippen LogP contribution in [0.2, 0.25) is 0 Å². The Labute approximate surface area is 139 Å². The van der Waals surface area contributed by atoms with Gasteiger partial charge in [-0.2, -0.15) is 5.10 Å². The van der Waals surface area contributed by atoms with Gasteiger partial charge in [0.1, 0.15) is 0 Å². The number of fused-ring (bicyclic) bond motifs is 1. The number of halogens is 2. The fraction of sp³-hybridized carbons (Fsp3) is 0.412. The molecule has 0 saturated carbocycles. The van der Waals surface area contributed by atoms with Crippen molar-refractivity contribution in [2.45, 2.75) is 32.2 Å². The first-order valence-corrected chi connectivity index (χ1v) is 8.03. The molecular formula is C17H20F2N4O. The van der Waals surface area contributed by atoms with E-state index >= 15 is 0 Å². The molecule has 24 heavy (non-hydrogen) atoms. The molecule has 2 N–H and O–H groups in total. The summed E-state index contributed by atoms with van der Waals surface area (Å²) in [5.74, 6) is -2.07. The summed E-state index contributed by atoms with van der Waals surface area (Å²) in [6, 6.07) is 3.79. The van der Waals surface area contributed by atoms with E-state index in [0.717, 1.165) is 42.7 Å². The number of amides is 1. The first-order valence-electron chi connectivity index (χ1n) is 8.03. The highest BCUT2D eigenvalue weighted by Crippen LogP contribution is 2.28. The first kappa shape index (κ1) is 16.6.